The Morgan fingerprint density at radius 3 is 2.00 bits per heavy atom. The molecule has 0 heterocycles. The van der Waals surface area contributed by atoms with Crippen molar-refractivity contribution < 1.29 is 28.3 Å². The number of rotatable bonds is 12. The van der Waals surface area contributed by atoms with Crippen LogP contribution in [0.4, 0.5) is 0 Å². The second-order valence-electron chi connectivity index (χ2n) is 5.48. The van der Waals surface area contributed by atoms with Gasteiger partial charge in [-0.3, -0.25) is 0 Å². The van der Waals surface area contributed by atoms with Gasteiger partial charge in [0.1, 0.15) is 5.75 Å². The summed E-state index contributed by atoms with van der Waals surface area (Å²) in [5, 5.41) is 0.990. The smallest absolute Gasteiger partial charge is 0.521 e. The van der Waals surface area contributed by atoms with Gasteiger partial charge in [0.25, 0.3) is 0 Å². The van der Waals surface area contributed by atoms with Crippen molar-refractivity contribution in [2.24, 2.45) is 0 Å². The van der Waals surface area contributed by atoms with Crippen LogP contribution in [0.3, 0.4) is 0 Å². The van der Waals surface area contributed by atoms with E-state index in [9.17, 15) is 0 Å². The fraction of sp³-hybridized carbons (Fsp3) is 0.667. The fourth-order valence-corrected chi connectivity index (χ4v) is 2.37. The monoisotopic (exact) mass is 316 g/mol. The molecule has 0 spiro atoms. The number of benzene rings is 1. The van der Waals surface area contributed by atoms with Gasteiger partial charge >= 0.3 is 18.9 Å². The van der Waals surface area contributed by atoms with Gasteiger partial charge in [-0.2, -0.15) is 5.30 Å². The van der Waals surface area contributed by atoms with Crippen LogP contribution in [0, 0.1) is 0 Å². The van der Waals surface area contributed by atoms with Crippen molar-refractivity contribution in [2.45, 2.75) is 65.2 Å². The molecule has 0 aromatic heterocycles. The molecule has 4 heteroatoms. The summed E-state index contributed by atoms with van der Waals surface area (Å²) in [6.07, 6.45) is 9.80. The minimum absolute atomic E-state index is 0. The van der Waals surface area contributed by atoms with Crippen LogP contribution in [0.5, 0.6) is 11.5 Å². The van der Waals surface area contributed by atoms with E-state index in [1.165, 1.54) is 38.5 Å². The van der Waals surface area contributed by atoms with Crippen molar-refractivity contribution in [1.29, 1.82) is 0 Å². The molecule has 0 atom stereocenters. The predicted molar refractivity (Wildman–Crippen MR) is 93.7 cm³/mol. The molecule has 0 fully saturated rings. The average Bonchev–Trinajstić information content (AvgIpc) is 2.49. The van der Waals surface area contributed by atoms with Crippen LogP contribution in [0.15, 0.2) is 18.2 Å². The van der Waals surface area contributed by atoms with Gasteiger partial charge in [0.05, 0.1) is 19.0 Å². The molecule has 0 amide bonds. The van der Waals surface area contributed by atoms with Gasteiger partial charge in [0.2, 0.25) is 0 Å². The zero-order valence-electron chi connectivity index (χ0n) is 14.6. The Morgan fingerprint density at radius 1 is 0.818 bits per heavy atom. The minimum atomic E-state index is 0. The third kappa shape index (κ3) is 9.78. The molecule has 1 rings (SSSR count). The Bertz CT molecular complexity index is 385. The van der Waals surface area contributed by atoms with E-state index in [1.807, 2.05) is 18.2 Å². The molecular weight excluding hydrogens is 286 g/mol. The zero-order chi connectivity index (χ0) is 15.3. The van der Waals surface area contributed by atoms with Gasteiger partial charge < -0.3 is 18.7 Å². The first-order valence-corrected chi connectivity index (χ1v) is 8.89. The van der Waals surface area contributed by atoms with E-state index in [-0.39, 0.29) is 18.9 Å². The Labute approximate surface area is 151 Å². The maximum atomic E-state index is 5.84. The molecule has 0 radical (unpaired) electrons. The van der Waals surface area contributed by atoms with E-state index in [2.05, 4.69) is 23.1 Å². The number of ether oxygens (including phenoxy) is 2. The van der Waals surface area contributed by atoms with E-state index in [0.29, 0.717) is 0 Å². The molecule has 22 heavy (non-hydrogen) atoms. The number of hydrogen-bond donors (Lipinski definition) is 0. The van der Waals surface area contributed by atoms with Crippen molar-refractivity contribution in [3.05, 3.63) is 18.2 Å². The number of unbranched alkanes of at least 4 members (excludes halogenated alkanes) is 6. The average molecular weight is 316 g/mol. The molecule has 120 valence electrons. The van der Waals surface area contributed by atoms with Gasteiger partial charge in [-0.25, -0.2) is 0 Å². The normalized spacial score (nSPS) is 10.1. The first kappa shape index (κ1) is 21.8. The molecule has 0 bridgehead atoms. The Hall–Kier alpha value is -0.153. The summed E-state index contributed by atoms with van der Waals surface area (Å²) >= 11 is 0. The van der Waals surface area contributed by atoms with Gasteiger partial charge in [0, 0.05) is 6.07 Å². The molecule has 0 aliphatic heterocycles. The number of hydrogen-bond acceptors (Lipinski definition) is 2. The van der Waals surface area contributed by atoms with Gasteiger partial charge in [-0.1, -0.05) is 58.4 Å². The first-order valence-electron chi connectivity index (χ1n) is 8.39. The molecule has 0 aliphatic rings. The standard InChI is InChI=1S/C18H30O2P.Li/c1-3-5-7-9-13-19-16-11-12-18(21)17(15-16)20-14-10-8-6-4-2;/h11-12,15,21H,3-10,13-14H2,1-2H3;/q-1;+1. The van der Waals surface area contributed by atoms with Crippen molar-refractivity contribution >= 4 is 14.5 Å². The molecule has 0 unspecified atom stereocenters. The molecule has 1 aromatic carbocycles. The van der Waals surface area contributed by atoms with E-state index in [0.717, 1.165) is 42.9 Å². The Kier molecular flexibility index (Phi) is 14.3. The van der Waals surface area contributed by atoms with E-state index >= 15 is 0 Å². The first-order chi connectivity index (χ1) is 10.3. The third-order valence-corrected chi connectivity index (χ3v) is 3.89. The van der Waals surface area contributed by atoms with Crippen molar-refractivity contribution in [1.82, 2.24) is 0 Å². The summed E-state index contributed by atoms with van der Waals surface area (Å²) in [6, 6.07) is 5.98. The zero-order valence-corrected chi connectivity index (χ0v) is 15.6. The molecule has 1 aromatic rings. The largest absolute Gasteiger partial charge is 1.00 e. The predicted octanol–water partition coefficient (Wildman–Crippen LogP) is 2.38. The minimum Gasteiger partial charge on any atom is -0.521 e. The summed E-state index contributed by atoms with van der Waals surface area (Å²) in [5.41, 5.74) is 0. The summed E-state index contributed by atoms with van der Waals surface area (Å²) in [5.74, 6) is 1.78. The summed E-state index contributed by atoms with van der Waals surface area (Å²) < 4.78 is 11.6. The van der Waals surface area contributed by atoms with E-state index < -0.39 is 0 Å². The van der Waals surface area contributed by atoms with Crippen LogP contribution >= 0.6 is 9.24 Å². The van der Waals surface area contributed by atoms with E-state index in [1.54, 1.807) is 0 Å². The Morgan fingerprint density at radius 2 is 1.41 bits per heavy atom. The summed E-state index contributed by atoms with van der Waals surface area (Å²) in [7, 11) is 3.59. The van der Waals surface area contributed by atoms with Gasteiger partial charge in [0.15, 0.2) is 0 Å². The van der Waals surface area contributed by atoms with Gasteiger partial charge in [-0.05, 0) is 18.9 Å². The topological polar surface area (TPSA) is 18.5 Å². The van der Waals surface area contributed by atoms with Crippen molar-refractivity contribution in [3.8, 4) is 11.5 Å². The molecule has 0 saturated heterocycles. The van der Waals surface area contributed by atoms with Crippen LogP contribution in [-0.4, -0.2) is 13.2 Å². The molecule has 2 nitrogen and oxygen atoms in total. The van der Waals surface area contributed by atoms with Crippen LogP contribution in [0.2, 0.25) is 0 Å². The maximum absolute atomic E-state index is 5.84. The maximum Gasteiger partial charge on any atom is 1.00 e. The van der Waals surface area contributed by atoms with Crippen LogP contribution in [0.25, 0.3) is 0 Å². The molecule has 0 saturated carbocycles. The third-order valence-electron chi connectivity index (χ3n) is 3.48. The SMILES string of the molecule is CCCCCCOc1ccc([PH-])c(OCCCCCC)c1.[Li+]. The Balaban J connectivity index is 0.00000441. The van der Waals surface area contributed by atoms with Crippen molar-refractivity contribution in [3.63, 3.8) is 0 Å². The second kappa shape index (κ2) is 14.4. The quantitative estimate of drug-likeness (QED) is 0.335. The van der Waals surface area contributed by atoms with Crippen LogP contribution < -0.4 is 33.6 Å². The fourth-order valence-electron chi connectivity index (χ4n) is 2.14. The molecule has 0 N–H and O–H groups in total. The van der Waals surface area contributed by atoms with Crippen molar-refractivity contribution in [2.75, 3.05) is 13.2 Å². The molecule has 0 aliphatic carbocycles. The second-order valence-corrected chi connectivity index (χ2v) is 6.01. The molecular formula is C18H30LiO2P. The summed E-state index contributed by atoms with van der Waals surface area (Å²) in [4.78, 5) is 0. The van der Waals surface area contributed by atoms with Crippen LogP contribution in [0.1, 0.15) is 65.2 Å². The van der Waals surface area contributed by atoms with E-state index in [4.69, 9.17) is 9.47 Å². The van der Waals surface area contributed by atoms with Crippen LogP contribution in [-0.2, 0) is 0 Å². The summed E-state index contributed by atoms with van der Waals surface area (Å²) in [6.45, 7) is 6.01. The van der Waals surface area contributed by atoms with Gasteiger partial charge in [-0.15, -0.1) is 0 Å².